The van der Waals surface area contributed by atoms with Gasteiger partial charge in [0.25, 0.3) is 5.56 Å². The van der Waals surface area contributed by atoms with Crippen molar-refractivity contribution in [1.82, 2.24) is 14.8 Å². The Morgan fingerprint density at radius 2 is 1.67 bits per heavy atom. The van der Waals surface area contributed by atoms with Crippen molar-refractivity contribution in [3.63, 3.8) is 0 Å². The van der Waals surface area contributed by atoms with Crippen molar-refractivity contribution in [3.8, 4) is 16.9 Å². The highest BCUT2D eigenvalue weighted by Gasteiger charge is 2.10. The Labute approximate surface area is 126 Å². The molecular formula is C16H12ClN3O. The average Bonchev–Trinajstić information content (AvgIpc) is 2.49. The summed E-state index contributed by atoms with van der Waals surface area (Å²) in [6.45, 7) is 1.75. The van der Waals surface area contributed by atoms with Gasteiger partial charge in [0.05, 0.1) is 5.69 Å². The molecular weight excluding hydrogens is 286 g/mol. The third kappa shape index (κ3) is 2.71. The highest BCUT2D eigenvalue weighted by atomic mass is 35.5. The zero-order valence-corrected chi connectivity index (χ0v) is 12.1. The van der Waals surface area contributed by atoms with Gasteiger partial charge in [-0.1, -0.05) is 41.9 Å². The summed E-state index contributed by atoms with van der Waals surface area (Å²) in [5, 5.41) is 5.09. The molecule has 1 heterocycles. The van der Waals surface area contributed by atoms with Gasteiger partial charge in [-0.3, -0.25) is 4.79 Å². The van der Waals surface area contributed by atoms with E-state index in [1.54, 1.807) is 23.7 Å². The van der Waals surface area contributed by atoms with Gasteiger partial charge in [-0.25, -0.2) is 4.68 Å². The predicted molar refractivity (Wildman–Crippen MR) is 82.8 cm³/mol. The number of nitrogens with zero attached hydrogens (tertiary/aromatic N) is 3. The van der Waals surface area contributed by atoms with E-state index in [1.807, 2.05) is 42.5 Å². The molecule has 0 aliphatic carbocycles. The van der Waals surface area contributed by atoms with Crippen LogP contribution in [0.5, 0.6) is 0 Å². The molecule has 5 heteroatoms. The van der Waals surface area contributed by atoms with Crippen molar-refractivity contribution in [1.29, 1.82) is 0 Å². The lowest BCUT2D eigenvalue weighted by Crippen LogP contribution is -2.20. The van der Waals surface area contributed by atoms with Gasteiger partial charge < -0.3 is 0 Å². The molecule has 0 saturated carbocycles. The van der Waals surface area contributed by atoms with Crippen LogP contribution in [0.25, 0.3) is 16.9 Å². The minimum Gasteiger partial charge on any atom is -0.265 e. The molecule has 4 nitrogen and oxygen atoms in total. The molecule has 2 aromatic carbocycles. The SMILES string of the molecule is Cc1nc(=O)c(-c2ccccc2)nn1-c1ccc(Cl)cc1. The van der Waals surface area contributed by atoms with Crippen molar-refractivity contribution in [2.24, 2.45) is 0 Å². The van der Waals surface area contributed by atoms with Crippen LogP contribution in [0.1, 0.15) is 5.82 Å². The van der Waals surface area contributed by atoms with Crippen LogP contribution in [0.15, 0.2) is 59.4 Å². The van der Waals surface area contributed by atoms with Crippen LogP contribution in [-0.2, 0) is 0 Å². The third-order valence-electron chi connectivity index (χ3n) is 3.09. The van der Waals surface area contributed by atoms with Crippen molar-refractivity contribution in [2.45, 2.75) is 6.92 Å². The smallest absolute Gasteiger partial charge is 0.265 e. The minimum atomic E-state index is -0.330. The monoisotopic (exact) mass is 297 g/mol. The zero-order valence-electron chi connectivity index (χ0n) is 11.3. The Bertz CT molecular complexity index is 826. The normalized spacial score (nSPS) is 10.6. The molecule has 3 rings (SSSR count). The van der Waals surface area contributed by atoms with E-state index in [0.29, 0.717) is 16.5 Å². The first kappa shape index (κ1) is 13.5. The number of halogens is 1. The summed E-state index contributed by atoms with van der Waals surface area (Å²) in [6, 6.07) is 16.5. The lowest BCUT2D eigenvalue weighted by atomic mass is 10.2. The molecule has 21 heavy (non-hydrogen) atoms. The number of rotatable bonds is 2. The van der Waals surface area contributed by atoms with Gasteiger partial charge in [-0.2, -0.15) is 10.1 Å². The molecule has 1 aromatic heterocycles. The van der Waals surface area contributed by atoms with E-state index in [1.165, 1.54) is 0 Å². The molecule has 0 radical (unpaired) electrons. The number of aromatic nitrogens is 3. The van der Waals surface area contributed by atoms with Crippen molar-refractivity contribution in [2.75, 3.05) is 0 Å². The maximum absolute atomic E-state index is 12.1. The van der Waals surface area contributed by atoms with Crippen molar-refractivity contribution in [3.05, 3.63) is 75.8 Å². The summed E-state index contributed by atoms with van der Waals surface area (Å²) in [6.07, 6.45) is 0. The largest absolute Gasteiger partial charge is 0.299 e. The molecule has 0 bridgehead atoms. The zero-order chi connectivity index (χ0) is 14.8. The number of hydrogen-bond acceptors (Lipinski definition) is 3. The summed E-state index contributed by atoms with van der Waals surface area (Å²) in [4.78, 5) is 16.1. The first-order valence-electron chi connectivity index (χ1n) is 6.44. The molecule has 0 aliphatic rings. The highest BCUT2D eigenvalue weighted by Crippen LogP contribution is 2.16. The van der Waals surface area contributed by atoms with E-state index in [0.717, 1.165) is 11.3 Å². The fourth-order valence-corrected chi connectivity index (χ4v) is 2.19. The van der Waals surface area contributed by atoms with Gasteiger partial charge in [0.2, 0.25) is 0 Å². The summed E-state index contributed by atoms with van der Waals surface area (Å²) in [5.41, 5.74) is 1.55. The number of aryl methyl sites for hydroxylation is 1. The quantitative estimate of drug-likeness (QED) is 0.729. The molecule has 0 aliphatic heterocycles. The topological polar surface area (TPSA) is 47.8 Å². The minimum absolute atomic E-state index is 0.330. The van der Waals surface area contributed by atoms with Crippen LogP contribution in [0.2, 0.25) is 5.02 Å². The van der Waals surface area contributed by atoms with Crippen LogP contribution in [-0.4, -0.2) is 14.8 Å². The molecule has 0 saturated heterocycles. The molecule has 104 valence electrons. The Kier molecular flexibility index (Phi) is 3.54. The first-order valence-corrected chi connectivity index (χ1v) is 6.82. The second-order valence-electron chi connectivity index (χ2n) is 4.57. The van der Waals surface area contributed by atoms with Gasteiger partial charge in [0.15, 0.2) is 5.69 Å². The lowest BCUT2D eigenvalue weighted by Gasteiger charge is -2.10. The van der Waals surface area contributed by atoms with Crippen molar-refractivity contribution < 1.29 is 0 Å². The van der Waals surface area contributed by atoms with Crippen LogP contribution in [0, 0.1) is 6.92 Å². The second kappa shape index (κ2) is 5.50. The standard InChI is InChI=1S/C16H12ClN3O/c1-11-18-16(21)15(12-5-3-2-4-6-12)19-20(11)14-9-7-13(17)8-10-14/h2-10H,1H3. The molecule has 0 N–H and O–H groups in total. The maximum Gasteiger partial charge on any atom is 0.299 e. The highest BCUT2D eigenvalue weighted by molar-refractivity contribution is 6.30. The van der Waals surface area contributed by atoms with E-state index in [2.05, 4.69) is 10.1 Å². The van der Waals surface area contributed by atoms with Crippen molar-refractivity contribution >= 4 is 11.6 Å². The number of hydrogen-bond donors (Lipinski definition) is 0. The fraction of sp³-hybridized carbons (Fsp3) is 0.0625. The maximum atomic E-state index is 12.1. The summed E-state index contributed by atoms with van der Waals surface area (Å²) >= 11 is 5.90. The van der Waals surface area contributed by atoms with Gasteiger partial charge >= 0.3 is 0 Å². The number of benzene rings is 2. The Balaban J connectivity index is 2.19. The summed E-state index contributed by atoms with van der Waals surface area (Å²) in [7, 11) is 0. The van der Waals surface area contributed by atoms with Crippen LogP contribution >= 0.6 is 11.6 Å². The molecule has 0 fully saturated rings. The van der Waals surface area contributed by atoms with E-state index in [9.17, 15) is 4.79 Å². The second-order valence-corrected chi connectivity index (χ2v) is 5.00. The Morgan fingerprint density at radius 3 is 2.33 bits per heavy atom. The lowest BCUT2D eigenvalue weighted by molar-refractivity contribution is 0.756. The molecule has 0 atom stereocenters. The Morgan fingerprint density at radius 1 is 1.00 bits per heavy atom. The molecule has 0 spiro atoms. The van der Waals surface area contributed by atoms with Gasteiger partial charge in [0.1, 0.15) is 5.82 Å². The van der Waals surface area contributed by atoms with E-state index >= 15 is 0 Å². The summed E-state index contributed by atoms with van der Waals surface area (Å²) in [5.74, 6) is 0.530. The van der Waals surface area contributed by atoms with E-state index in [-0.39, 0.29) is 5.56 Å². The van der Waals surface area contributed by atoms with E-state index < -0.39 is 0 Å². The third-order valence-corrected chi connectivity index (χ3v) is 3.34. The van der Waals surface area contributed by atoms with Crippen LogP contribution in [0.3, 0.4) is 0 Å². The predicted octanol–water partition coefficient (Wildman–Crippen LogP) is 3.26. The van der Waals surface area contributed by atoms with Crippen LogP contribution < -0.4 is 5.56 Å². The molecule has 0 amide bonds. The average molecular weight is 298 g/mol. The molecule has 0 unspecified atom stereocenters. The van der Waals surface area contributed by atoms with E-state index in [4.69, 9.17) is 11.6 Å². The first-order chi connectivity index (χ1) is 10.1. The van der Waals surface area contributed by atoms with Gasteiger partial charge in [0, 0.05) is 10.6 Å². The van der Waals surface area contributed by atoms with Gasteiger partial charge in [-0.05, 0) is 31.2 Å². The summed E-state index contributed by atoms with van der Waals surface area (Å²) < 4.78 is 1.64. The Hall–Kier alpha value is -2.46. The molecule has 3 aromatic rings. The fourth-order valence-electron chi connectivity index (χ4n) is 2.07. The van der Waals surface area contributed by atoms with Crippen LogP contribution in [0.4, 0.5) is 0 Å². The van der Waals surface area contributed by atoms with Gasteiger partial charge in [-0.15, -0.1) is 0 Å².